The van der Waals surface area contributed by atoms with E-state index in [1.54, 1.807) is 34.7 Å². The predicted octanol–water partition coefficient (Wildman–Crippen LogP) is 3.95. The number of carbonyl (C=O) groups is 2. The van der Waals surface area contributed by atoms with Crippen molar-refractivity contribution in [2.45, 2.75) is 39.7 Å². The second-order valence-corrected chi connectivity index (χ2v) is 9.38. The summed E-state index contributed by atoms with van der Waals surface area (Å²) in [6, 6.07) is 3.46. The van der Waals surface area contributed by atoms with Crippen LogP contribution in [0.4, 0.5) is 0 Å². The summed E-state index contributed by atoms with van der Waals surface area (Å²) in [5, 5.41) is 1.26. The van der Waals surface area contributed by atoms with Gasteiger partial charge in [0.25, 0.3) is 5.56 Å². The smallest absolute Gasteiger partial charge is 0.260 e. The number of methoxy groups -OCH3 is 1. The number of rotatable bonds is 7. The monoisotopic (exact) mass is 516 g/mol. The molecule has 10 heteroatoms. The van der Waals surface area contributed by atoms with Gasteiger partial charge >= 0.3 is 0 Å². The third-order valence-electron chi connectivity index (χ3n) is 6.43. The minimum Gasteiger partial charge on any atom is -0.495 e. The van der Waals surface area contributed by atoms with E-state index in [2.05, 4.69) is 9.97 Å². The molecule has 0 bridgehead atoms. The van der Waals surface area contributed by atoms with E-state index < -0.39 is 0 Å². The summed E-state index contributed by atoms with van der Waals surface area (Å²) in [5.74, 6) is 0.841. The molecule has 184 valence electrons. The van der Waals surface area contributed by atoms with Gasteiger partial charge in [-0.15, -0.1) is 0 Å². The van der Waals surface area contributed by atoms with Gasteiger partial charge in [0.15, 0.2) is 0 Å². The van der Waals surface area contributed by atoms with Crippen molar-refractivity contribution in [1.82, 2.24) is 19.4 Å². The van der Waals surface area contributed by atoms with Gasteiger partial charge in [-0.1, -0.05) is 30.1 Å². The fourth-order valence-corrected chi connectivity index (χ4v) is 5.31. The van der Waals surface area contributed by atoms with Crippen LogP contribution in [0.25, 0.3) is 22.2 Å². The lowest BCUT2D eigenvalue weighted by molar-refractivity contribution is -0.127. The molecule has 0 radical (unpaired) electrons. The molecule has 0 spiro atoms. The van der Waals surface area contributed by atoms with Gasteiger partial charge in [-0.25, -0.2) is 9.97 Å². The van der Waals surface area contributed by atoms with E-state index in [4.69, 9.17) is 27.9 Å². The van der Waals surface area contributed by atoms with Gasteiger partial charge in [0.2, 0.25) is 5.91 Å². The molecule has 1 fully saturated rings. The number of halogens is 2. The van der Waals surface area contributed by atoms with E-state index in [-0.39, 0.29) is 28.8 Å². The zero-order valence-corrected chi connectivity index (χ0v) is 21.3. The maximum atomic E-state index is 14.0. The molecule has 1 unspecified atom stereocenters. The highest BCUT2D eigenvalue weighted by atomic mass is 35.5. The molecule has 2 aromatic heterocycles. The Hall–Kier alpha value is -2.97. The van der Waals surface area contributed by atoms with Crippen LogP contribution >= 0.6 is 23.2 Å². The van der Waals surface area contributed by atoms with Crippen molar-refractivity contribution in [3.63, 3.8) is 0 Å². The molecule has 3 aromatic rings. The first-order chi connectivity index (χ1) is 16.8. The Morgan fingerprint density at radius 2 is 2.06 bits per heavy atom. The van der Waals surface area contributed by atoms with Crippen LogP contribution in [0.15, 0.2) is 23.1 Å². The van der Waals surface area contributed by atoms with Crippen molar-refractivity contribution in [3.8, 4) is 16.9 Å². The number of aryl methyl sites for hydroxylation is 1. The number of amides is 1. The van der Waals surface area contributed by atoms with Crippen LogP contribution in [0, 0.1) is 5.92 Å². The minimum absolute atomic E-state index is 0.0103. The molecule has 1 saturated heterocycles. The number of hydrogen-bond acceptors (Lipinski definition) is 6. The minimum atomic E-state index is -0.311. The summed E-state index contributed by atoms with van der Waals surface area (Å²) < 4.78 is 7.04. The lowest BCUT2D eigenvalue weighted by Crippen LogP contribution is -2.30. The SMILES string of the molecule is CCc1cc(OC)c(Cl)c(-c2cc3cnc(CC=O)nc3n(CC3CCN(C(C)=O)C3)c2=O)c1Cl. The predicted molar refractivity (Wildman–Crippen MR) is 135 cm³/mol. The molecule has 0 aliphatic carbocycles. The molecule has 0 N–H and O–H groups in total. The molecule has 1 amide bonds. The van der Waals surface area contributed by atoms with Crippen LogP contribution < -0.4 is 10.3 Å². The second-order valence-electron chi connectivity index (χ2n) is 8.62. The number of nitrogens with zero attached hydrogens (tertiary/aromatic N) is 4. The average Bonchev–Trinajstić information content (AvgIpc) is 3.31. The van der Waals surface area contributed by atoms with E-state index in [0.717, 1.165) is 18.3 Å². The average molecular weight is 517 g/mol. The van der Waals surface area contributed by atoms with Crippen LogP contribution in [-0.4, -0.2) is 51.8 Å². The summed E-state index contributed by atoms with van der Waals surface area (Å²) in [4.78, 5) is 47.4. The van der Waals surface area contributed by atoms with Crippen LogP contribution in [0.1, 0.15) is 31.7 Å². The quantitative estimate of drug-likeness (QED) is 0.441. The van der Waals surface area contributed by atoms with Gasteiger partial charge < -0.3 is 14.4 Å². The zero-order chi connectivity index (χ0) is 25.3. The number of carbonyl (C=O) groups excluding carboxylic acids is 2. The van der Waals surface area contributed by atoms with E-state index in [1.165, 1.54) is 7.11 Å². The maximum Gasteiger partial charge on any atom is 0.260 e. The van der Waals surface area contributed by atoms with E-state index in [9.17, 15) is 14.4 Å². The van der Waals surface area contributed by atoms with E-state index in [0.29, 0.717) is 64.8 Å². The van der Waals surface area contributed by atoms with Crippen LogP contribution in [0.5, 0.6) is 5.75 Å². The Labute approximate surface area is 212 Å². The molecule has 0 saturated carbocycles. The van der Waals surface area contributed by atoms with Gasteiger partial charge in [-0.05, 0) is 36.5 Å². The number of benzene rings is 1. The van der Waals surface area contributed by atoms with Gasteiger partial charge in [0, 0.05) is 43.7 Å². The number of likely N-dealkylation sites (tertiary alicyclic amines) is 1. The van der Waals surface area contributed by atoms with Crippen molar-refractivity contribution in [2.75, 3.05) is 20.2 Å². The number of ether oxygens (including phenoxy) is 1. The van der Waals surface area contributed by atoms with Gasteiger partial charge in [0.1, 0.15) is 23.5 Å². The molecular formula is C25H26Cl2N4O4. The summed E-state index contributed by atoms with van der Waals surface area (Å²) in [6.45, 7) is 5.05. The zero-order valence-electron chi connectivity index (χ0n) is 19.8. The lowest BCUT2D eigenvalue weighted by atomic mass is 10.0. The van der Waals surface area contributed by atoms with Crippen molar-refractivity contribution in [2.24, 2.45) is 5.92 Å². The molecule has 1 aromatic carbocycles. The molecule has 1 aliphatic rings. The van der Waals surface area contributed by atoms with Crippen molar-refractivity contribution in [1.29, 1.82) is 0 Å². The third-order valence-corrected chi connectivity index (χ3v) is 7.23. The molecule has 1 atom stereocenters. The van der Waals surface area contributed by atoms with Crippen molar-refractivity contribution in [3.05, 3.63) is 50.1 Å². The molecule has 1 aliphatic heterocycles. The number of fused-ring (bicyclic) bond motifs is 1. The maximum absolute atomic E-state index is 14.0. The van der Waals surface area contributed by atoms with Gasteiger partial charge in [0.05, 0.1) is 29.1 Å². The second kappa shape index (κ2) is 10.3. The number of aldehydes is 1. The normalized spacial score (nSPS) is 15.6. The van der Waals surface area contributed by atoms with Gasteiger partial charge in [-0.3, -0.25) is 14.2 Å². The molecule has 8 nitrogen and oxygen atoms in total. The Kier molecular flexibility index (Phi) is 7.42. The van der Waals surface area contributed by atoms with Crippen LogP contribution in [0.3, 0.4) is 0 Å². The van der Waals surface area contributed by atoms with Crippen molar-refractivity contribution < 1.29 is 14.3 Å². The Bertz CT molecular complexity index is 1340. The van der Waals surface area contributed by atoms with E-state index in [1.807, 2.05) is 6.92 Å². The first-order valence-electron chi connectivity index (χ1n) is 11.4. The Morgan fingerprint density at radius 1 is 1.29 bits per heavy atom. The highest BCUT2D eigenvalue weighted by Gasteiger charge is 2.27. The Morgan fingerprint density at radius 3 is 2.69 bits per heavy atom. The van der Waals surface area contributed by atoms with E-state index >= 15 is 0 Å². The third kappa shape index (κ3) is 4.77. The first kappa shape index (κ1) is 25.1. The summed E-state index contributed by atoms with van der Waals surface area (Å²) in [5.41, 5.74) is 1.64. The van der Waals surface area contributed by atoms with Crippen molar-refractivity contribution >= 4 is 46.4 Å². The van der Waals surface area contributed by atoms with Crippen LogP contribution in [-0.2, 0) is 29.0 Å². The van der Waals surface area contributed by atoms with Crippen LogP contribution in [0.2, 0.25) is 10.0 Å². The topological polar surface area (TPSA) is 94.4 Å². The fraction of sp³-hybridized carbons (Fsp3) is 0.400. The molecule has 4 rings (SSSR count). The summed E-state index contributed by atoms with van der Waals surface area (Å²) >= 11 is 13.4. The summed E-state index contributed by atoms with van der Waals surface area (Å²) in [6.07, 6.45) is 3.76. The highest BCUT2D eigenvalue weighted by Crippen LogP contribution is 2.42. The summed E-state index contributed by atoms with van der Waals surface area (Å²) in [7, 11) is 1.51. The first-order valence-corrected chi connectivity index (χ1v) is 12.2. The molecule has 35 heavy (non-hydrogen) atoms. The highest BCUT2D eigenvalue weighted by molar-refractivity contribution is 6.40. The standard InChI is InChI=1S/C25H26Cl2N4O4/c1-4-16-10-19(35-3)23(27)21(22(16)26)18-9-17-11-28-20(6-8-32)29-24(17)31(25(18)34)13-15-5-7-30(12-15)14(2)33/h8-11,15H,4-7,12-13H2,1-3H3. The largest absolute Gasteiger partial charge is 0.495 e. The number of pyridine rings is 1. The fourth-order valence-electron chi connectivity index (χ4n) is 4.55. The molecule has 3 heterocycles. The van der Waals surface area contributed by atoms with Gasteiger partial charge in [-0.2, -0.15) is 0 Å². The number of aromatic nitrogens is 3. The molecular weight excluding hydrogens is 491 g/mol. The number of hydrogen-bond donors (Lipinski definition) is 0. The Balaban J connectivity index is 1.95. The lowest BCUT2D eigenvalue weighted by Gasteiger charge is -2.19.